The van der Waals surface area contributed by atoms with Crippen LogP contribution in [0.25, 0.3) is 0 Å². The van der Waals surface area contributed by atoms with Crippen molar-refractivity contribution in [1.29, 1.82) is 0 Å². The number of aromatic nitrogens is 4. The van der Waals surface area contributed by atoms with E-state index in [4.69, 9.17) is 0 Å². The molecule has 0 aliphatic heterocycles. The first-order valence-electron chi connectivity index (χ1n) is 5.95. The third-order valence-electron chi connectivity index (χ3n) is 2.45. The fourth-order valence-corrected chi connectivity index (χ4v) is 1.96. The molecule has 6 nitrogen and oxygen atoms in total. The lowest BCUT2D eigenvalue weighted by molar-refractivity contribution is 0.710. The largest absolute Gasteiger partial charge is 0.369 e. The van der Waals surface area contributed by atoms with Crippen molar-refractivity contribution in [3.63, 3.8) is 0 Å². The van der Waals surface area contributed by atoms with Crippen LogP contribution in [0.2, 0.25) is 0 Å². The lowest BCUT2D eigenvalue weighted by atomic mass is 10.4. The van der Waals surface area contributed by atoms with E-state index >= 15 is 0 Å². The zero-order valence-electron chi connectivity index (χ0n) is 10.5. The van der Waals surface area contributed by atoms with Crippen molar-refractivity contribution < 1.29 is 0 Å². The number of hydrogen-bond acceptors (Lipinski definition) is 5. The second-order valence-electron chi connectivity index (χ2n) is 3.99. The highest BCUT2D eigenvalue weighted by atomic mass is 127. The van der Waals surface area contributed by atoms with Gasteiger partial charge in [0.15, 0.2) is 0 Å². The van der Waals surface area contributed by atoms with Crippen molar-refractivity contribution in [2.24, 2.45) is 0 Å². The summed E-state index contributed by atoms with van der Waals surface area (Å²) in [6.45, 7) is 3.34. The van der Waals surface area contributed by atoms with Crippen LogP contribution in [0.15, 0.2) is 29.7 Å². The second kappa shape index (κ2) is 6.60. The third kappa shape index (κ3) is 3.72. The van der Waals surface area contributed by atoms with Crippen LogP contribution < -0.4 is 10.9 Å². The Morgan fingerprint density at radius 2 is 2.16 bits per heavy atom. The molecule has 7 heteroatoms. The predicted molar refractivity (Wildman–Crippen MR) is 81.1 cm³/mol. The van der Waals surface area contributed by atoms with Gasteiger partial charge in [-0.05, 0) is 29.0 Å². The quantitative estimate of drug-likeness (QED) is 0.807. The highest BCUT2D eigenvalue weighted by Gasteiger charge is 2.03. The molecule has 0 aliphatic rings. The Bertz CT molecular complexity index is 596. The van der Waals surface area contributed by atoms with Gasteiger partial charge in [-0.15, -0.1) is 0 Å². The van der Waals surface area contributed by atoms with Gasteiger partial charge >= 0.3 is 0 Å². The summed E-state index contributed by atoms with van der Waals surface area (Å²) >= 11 is 1.97. The highest BCUT2D eigenvalue weighted by molar-refractivity contribution is 14.1. The number of rotatable bonds is 5. The van der Waals surface area contributed by atoms with Crippen LogP contribution in [-0.4, -0.2) is 26.1 Å². The molecule has 0 saturated carbocycles. The molecule has 2 aromatic rings. The van der Waals surface area contributed by atoms with Gasteiger partial charge in [-0.1, -0.05) is 6.92 Å². The maximum Gasteiger partial charge on any atom is 0.267 e. The predicted octanol–water partition coefficient (Wildman–Crippen LogP) is 1.51. The summed E-state index contributed by atoms with van der Waals surface area (Å²) in [5.74, 6) is 0.749. The summed E-state index contributed by atoms with van der Waals surface area (Å²) in [7, 11) is 0. The van der Waals surface area contributed by atoms with Crippen molar-refractivity contribution >= 4 is 28.4 Å². The van der Waals surface area contributed by atoms with Crippen molar-refractivity contribution in [3.8, 4) is 0 Å². The zero-order chi connectivity index (χ0) is 13.7. The van der Waals surface area contributed by atoms with Gasteiger partial charge in [0.25, 0.3) is 5.56 Å². The molecule has 2 rings (SSSR count). The summed E-state index contributed by atoms with van der Waals surface area (Å²) < 4.78 is 2.11. The minimum absolute atomic E-state index is 0.0643. The van der Waals surface area contributed by atoms with Crippen molar-refractivity contribution in [2.75, 3.05) is 11.9 Å². The van der Waals surface area contributed by atoms with Crippen molar-refractivity contribution in [2.45, 2.75) is 19.9 Å². The number of nitrogens with zero attached hydrogens (tertiary/aromatic N) is 4. The molecule has 0 atom stereocenters. The van der Waals surface area contributed by atoms with Crippen LogP contribution in [0, 0.1) is 3.57 Å². The highest BCUT2D eigenvalue weighted by Crippen LogP contribution is 2.02. The average molecular weight is 371 g/mol. The van der Waals surface area contributed by atoms with E-state index in [-0.39, 0.29) is 5.56 Å². The van der Waals surface area contributed by atoms with E-state index < -0.39 is 0 Å². The molecular weight excluding hydrogens is 357 g/mol. The van der Waals surface area contributed by atoms with Gasteiger partial charge in [0.2, 0.25) is 0 Å². The number of halogens is 1. The summed E-state index contributed by atoms with van der Waals surface area (Å²) in [4.78, 5) is 24.4. The Kier molecular flexibility index (Phi) is 4.83. The first-order chi connectivity index (χ1) is 9.20. The second-order valence-corrected chi connectivity index (χ2v) is 5.16. The Hall–Kier alpha value is -1.51. The normalized spacial score (nSPS) is 10.4. The van der Waals surface area contributed by atoms with Crippen molar-refractivity contribution in [3.05, 3.63) is 44.5 Å². The number of hydrogen-bond donors (Lipinski definition) is 1. The van der Waals surface area contributed by atoms with E-state index in [9.17, 15) is 4.79 Å². The van der Waals surface area contributed by atoms with E-state index in [1.54, 1.807) is 18.6 Å². The van der Waals surface area contributed by atoms with Gasteiger partial charge in [0.1, 0.15) is 5.82 Å². The Labute approximate surface area is 124 Å². The minimum Gasteiger partial charge on any atom is -0.369 e. The van der Waals surface area contributed by atoms with E-state index in [1.807, 2.05) is 22.6 Å². The molecule has 0 aromatic carbocycles. The summed E-state index contributed by atoms with van der Waals surface area (Å²) in [5.41, 5.74) is 0.665. The number of nitrogens with one attached hydrogen (secondary N) is 1. The third-order valence-corrected chi connectivity index (χ3v) is 3.19. The first kappa shape index (κ1) is 13.9. The molecule has 0 saturated heterocycles. The molecule has 0 spiro atoms. The molecule has 0 fully saturated rings. The summed E-state index contributed by atoms with van der Waals surface area (Å²) in [5, 5.41) is 3.15. The van der Waals surface area contributed by atoms with Crippen LogP contribution in [0.5, 0.6) is 0 Å². The molecule has 0 unspecified atom stereocenters. The molecule has 2 heterocycles. The van der Waals surface area contributed by atoms with Gasteiger partial charge in [0, 0.05) is 12.7 Å². The van der Waals surface area contributed by atoms with Gasteiger partial charge in [-0.25, -0.2) is 9.97 Å². The van der Waals surface area contributed by atoms with Gasteiger partial charge in [0.05, 0.1) is 34.5 Å². The minimum atomic E-state index is -0.0643. The standard InChI is InChI=1S/C12H14IN5O/c1-2-3-15-11-6-16-9(4-17-11)7-18-8-14-5-10(13)12(18)19/h4-6,8H,2-3,7H2,1H3,(H,15,17). The summed E-state index contributed by atoms with van der Waals surface area (Å²) in [6, 6.07) is 0. The Morgan fingerprint density at radius 3 is 2.84 bits per heavy atom. The molecule has 0 radical (unpaired) electrons. The van der Waals surface area contributed by atoms with Gasteiger partial charge < -0.3 is 5.32 Å². The zero-order valence-corrected chi connectivity index (χ0v) is 12.7. The molecule has 0 aliphatic carbocycles. The summed E-state index contributed by atoms with van der Waals surface area (Å²) in [6.07, 6.45) is 7.44. The molecule has 100 valence electrons. The van der Waals surface area contributed by atoms with E-state index in [0.29, 0.717) is 10.1 Å². The molecule has 1 N–H and O–H groups in total. The van der Waals surface area contributed by atoms with Crippen LogP contribution >= 0.6 is 22.6 Å². The van der Waals surface area contributed by atoms with Crippen LogP contribution in [0.3, 0.4) is 0 Å². The Balaban J connectivity index is 2.11. The molecule has 19 heavy (non-hydrogen) atoms. The fraction of sp³-hybridized carbons (Fsp3) is 0.333. The molecular formula is C12H14IN5O. The SMILES string of the molecule is CCCNc1cnc(Cn2cncc(I)c2=O)cn1. The lowest BCUT2D eigenvalue weighted by Crippen LogP contribution is -2.23. The molecule has 0 bridgehead atoms. The van der Waals surface area contributed by atoms with Crippen LogP contribution in [0.1, 0.15) is 19.0 Å². The van der Waals surface area contributed by atoms with Crippen molar-refractivity contribution in [1.82, 2.24) is 19.5 Å². The first-order valence-corrected chi connectivity index (χ1v) is 7.03. The maximum atomic E-state index is 11.8. The van der Waals surface area contributed by atoms with Crippen LogP contribution in [-0.2, 0) is 6.54 Å². The molecule has 2 aromatic heterocycles. The topological polar surface area (TPSA) is 72.7 Å². The van der Waals surface area contributed by atoms with Crippen LogP contribution in [0.4, 0.5) is 5.82 Å². The van der Waals surface area contributed by atoms with E-state index in [0.717, 1.165) is 24.5 Å². The lowest BCUT2D eigenvalue weighted by Gasteiger charge is -2.06. The van der Waals surface area contributed by atoms with E-state index in [1.165, 1.54) is 10.9 Å². The monoisotopic (exact) mass is 371 g/mol. The molecule has 0 amide bonds. The Morgan fingerprint density at radius 1 is 1.32 bits per heavy atom. The smallest absolute Gasteiger partial charge is 0.267 e. The van der Waals surface area contributed by atoms with Gasteiger partial charge in [-0.2, -0.15) is 0 Å². The maximum absolute atomic E-state index is 11.8. The number of anilines is 1. The van der Waals surface area contributed by atoms with E-state index in [2.05, 4.69) is 27.2 Å². The average Bonchev–Trinajstić information content (AvgIpc) is 2.43. The fourth-order valence-electron chi connectivity index (χ4n) is 1.49. The van der Waals surface area contributed by atoms with Gasteiger partial charge in [-0.3, -0.25) is 14.3 Å².